The van der Waals surface area contributed by atoms with Crippen LogP contribution >= 0.6 is 0 Å². The maximum absolute atomic E-state index is 9.16. The minimum absolute atomic E-state index is 0.204. The van der Waals surface area contributed by atoms with Gasteiger partial charge < -0.3 is 20.6 Å². The third-order valence-corrected chi connectivity index (χ3v) is 1.91. The molecule has 0 aromatic heterocycles. The van der Waals surface area contributed by atoms with Gasteiger partial charge in [-0.3, -0.25) is 0 Å². The van der Waals surface area contributed by atoms with Gasteiger partial charge in [0, 0.05) is 19.0 Å². The number of hydrogen-bond acceptors (Lipinski definition) is 4. The summed E-state index contributed by atoms with van der Waals surface area (Å²) < 4.78 is 0. The molecule has 0 spiro atoms. The molecule has 0 bridgehead atoms. The van der Waals surface area contributed by atoms with Gasteiger partial charge >= 0.3 is 0 Å². The van der Waals surface area contributed by atoms with Gasteiger partial charge in [-0.2, -0.15) is 0 Å². The minimum Gasteiger partial charge on any atom is -0.394 e. The molecule has 0 aromatic carbocycles. The highest BCUT2D eigenvalue weighted by atomic mass is 16.3. The predicted molar refractivity (Wildman–Crippen MR) is 35.5 cm³/mol. The van der Waals surface area contributed by atoms with Crippen molar-refractivity contribution in [2.24, 2.45) is 5.92 Å². The van der Waals surface area contributed by atoms with Gasteiger partial charge in [0.15, 0.2) is 0 Å². The molecule has 1 saturated heterocycles. The molecule has 1 rings (SSSR count). The minimum atomic E-state index is -0.787. The molecule has 0 aliphatic carbocycles. The van der Waals surface area contributed by atoms with E-state index in [-0.39, 0.29) is 12.5 Å². The fraction of sp³-hybridized carbons (Fsp3) is 1.00. The summed E-state index contributed by atoms with van der Waals surface area (Å²) in [6, 6.07) is 0. The van der Waals surface area contributed by atoms with Crippen molar-refractivity contribution in [3.8, 4) is 0 Å². The lowest BCUT2D eigenvalue weighted by molar-refractivity contribution is 0.00704. The number of nitrogens with one attached hydrogen (secondary N) is 1. The highest BCUT2D eigenvalue weighted by Gasteiger charge is 2.30. The van der Waals surface area contributed by atoms with Gasteiger partial charge in [-0.25, -0.2) is 0 Å². The molecule has 1 aliphatic rings. The van der Waals surface area contributed by atoms with Crippen LogP contribution in [0.15, 0.2) is 0 Å². The Balaban J connectivity index is 2.38. The molecule has 3 atom stereocenters. The Bertz CT molecular complexity index is 109. The van der Waals surface area contributed by atoms with E-state index in [2.05, 4.69) is 5.32 Å². The van der Waals surface area contributed by atoms with Crippen LogP contribution in [0.25, 0.3) is 0 Å². The molecular weight excluding hydrogens is 134 g/mol. The molecule has 4 nitrogen and oxygen atoms in total. The summed E-state index contributed by atoms with van der Waals surface area (Å²) in [5, 5.41) is 29.7. The number of rotatable bonds is 2. The van der Waals surface area contributed by atoms with E-state index in [1.54, 1.807) is 0 Å². The van der Waals surface area contributed by atoms with Crippen molar-refractivity contribution in [1.29, 1.82) is 0 Å². The summed E-state index contributed by atoms with van der Waals surface area (Å²) in [7, 11) is 0. The first kappa shape index (κ1) is 7.94. The summed E-state index contributed by atoms with van der Waals surface area (Å²) in [4.78, 5) is 0. The van der Waals surface area contributed by atoms with Crippen molar-refractivity contribution in [2.45, 2.75) is 12.2 Å². The number of β-amino-alcohol motifs (C(OH)–C–C–N with tert-alkyl or cyclic N) is 1. The SMILES string of the molecule is OC[C@@H](O)[C@H]1CNC[C@@H]1O. The molecule has 10 heavy (non-hydrogen) atoms. The molecule has 4 N–H and O–H groups in total. The van der Waals surface area contributed by atoms with E-state index in [0.717, 1.165) is 0 Å². The molecule has 1 fully saturated rings. The van der Waals surface area contributed by atoms with Crippen LogP contribution in [0, 0.1) is 5.92 Å². The second-order valence-electron chi connectivity index (χ2n) is 2.64. The first-order valence-electron chi connectivity index (χ1n) is 3.43. The second kappa shape index (κ2) is 3.30. The Labute approximate surface area is 59.5 Å². The maximum Gasteiger partial charge on any atom is 0.0836 e. The number of hydrogen-bond donors (Lipinski definition) is 4. The van der Waals surface area contributed by atoms with Crippen molar-refractivity contribution < 1.29 is 15.3 Å². The van der Waals surface area contributed by atoms with E-state index in [1.807, 2.05) is 0 Å². The number of aliphatic hydroxyl groups excluding tert-OH is 3. The molecule has 0 saturated carbocycles. The lowest BCUT2D eigenvalue weighted by Gasteiger charge is -2.17. The fourth-order valence-electron chi connectivity index (χ4n) is 1.21. The van der Waals surface area contributed by atoms with Gasteiger partial charge in [0.05, 0.1) is 18.8 Å². The second-order valence-corrected chi connectivity index (χ2v) is 2.64. The van der Waals surface area contributed by atoms with Gasteiger partial charge in [-0.1, -0.05) is 0 Å². The predicted octanol–water partition coefficient (Wildman–Crippen LogP) is -2.08. The topological polar surface area (TPSA) is 72.7 Å². The van der Waals surface area contributed by atoms with Crippen LogP contribution in [-0.2, 0) is 0 Å². The zero-order chi connectivity index (χ0) is 7.56. The summed E-state index contributed by atoms with van der Waals surface area (Å²) in [6.45, 7) is 0.827. The van der Waals surface area contributed by atoms with Crippen molar-refractivity contribution in [3.05, 3.63) is 0 Å². The first-order valence-corrected chi connectivity index (χ1v) is 3.43. The normalized spacial score (nSPS) is 36.3. The van der Waals surface area contributed by atoms with E-state index < -0.39 is 12.2 Å². The Morgan fingerprint density at radius 2 is 2.20 bits per heavy atom. The Morgan fingerprint density at radius 3 is 2.60 bits per heavy atom. The van der Waals surface area contributed by atoms with Crippen LogP contribution < -0.4 is 5.32 Å². The smallest absolute Gasteiger partial charge is 0.0836 e. The Morgan fingerprint density at radius 1 is 1.50 bits per heavy atom. The van der Waals surface area contributed by atoms with Crippen LogP contribution in [0.2, 0.25) is 0 Å². The average Bonchev–Trinajstić information content (AvgIpc) is 2.34. The van der Waals surface area contributed by atoms with Crippen LogP contribution in [0.4, 0.5) is 0 Å². The van der Waals surface area contributed by atoms with Crippen LogP contribution in [-0.4, -0.2) is 47.2 Å². The van der Waals surface area contributed by atoms with Gasteiger partial charge in [0.25, 0.3) is 0 Å². The monoisotopic (exact) mass is 147 g/mol. The molecule has 60 valence electrons. The molecule has 0 radical (unpaired) electrons. The average molecular weight is 147 g/mol. The van der Waals surface area contributed by atoms with E-state index in [4.69, 9.17) is 15.3 Å². The van der Waals surface area contributed by atoms with E-state index in [9.17, 15) is 0 Å². The summed E-state index contributed by atoms with van der Waals surface area (Å²) >= 11 is 0. The van der Waals surface area contributed by atoms with Gasteiger partial charge in [0.1, 0.15) is 0 Å². The lowest BCUT2D eigenvalue weighted by Crippen LogP contribution is -2.32. The zero-order valence-electron chi connectivity index (χ0n) is 5.70. The highest BCUT2D eigenvalue weighted by Crippen LogP contribution is 2.12. The lowest BCUT2D eigenvalue weighted by atomic mass is 10.0. The standard InChI is InChI=1S/C6H13NO3/c8-3-6(10)4-1-7-2-5(4)9/h4-10H,1-3H2/t4-,5-,6+/m0/s1. The van der Waals surface area contributed by atoms with Gasteiger partial charge in [-0.15, -0.1) is 0 Å². The quantitative estimate of drug-likeness (QED) is 0.362. The first-order chi connectivity index (χ1) is 4.75. The van der Waals surface area contributed by atoms with Crippen molar-refractivity contribution in [1.82, 2.24) is 5.32 Å². The molecule has 1 heterocycles. The zero-order valence-corrected chi connectivity index (χ0v) is 5.70. The Kier molecular flexibility index (Phi) is 2.62. The van der Waals surface area contributed by atoms with Crippen molar-refractivity contribution in [3.63, 3.8) is 0 Å². The van der Waals surface area contributed by atoms with E-state index in [1.165, 1.54) is 0 Å². The molecule has 0 aromatic rings. The molecule has 1 aliphatic heterocycles. The van der Waals surface area contributed by atoms with Crippen LogP contribution in [0.1, 0.15) is 0 Å². The van der Waals surface area contributed by atoms with Crippen molar-refractivity contribution >= 4 is 0 Å². The number of aliphatic hydroxyl groups is 3. The van der Waals surface area contributed by atoms with E-state index in [0.29, 0.717) is 13.1 Å². The highest BCUT2D eigenvalue weighted by molar-refractivity contribution is 4.84. The Hall–Kier alpha value is -0.160. The van der Waals surface area contributed by atoms with Gasteiger partial charge in [0.2, 0.25) is 0 Å². The maximum atomic E-state index is 9.16. The largest absolute Gasteiger partial charge is 0.394 e. The third-order valence-electron chi connectivity index (χ3n) is 1.91. The summed E-state index contributed by atoms with van der Waals surface area (Å²) in [5.41, 5.74) is 0. The van der Waals surface area contributed by atoms with Crippen LogP contribution in [0.3, 0.4) is 0 Å². The molecule has 4 heteroatoms. The summed E-state index contributed by atoms with van der Waals surface area (Å²) in [6.07, 6.45) is -1.30. The van der Waals surface area contributed by atoms with Crippen LogP contribution in [0.5, 0.6) is 0 Å². The molecule has 0 unspecified atom stereocenters. The molecule has 0 amide bonds. The fourth-order valence-corrected chi connectivity index (χ4v) is 1.21. The van der Waals surface area contributed by atoms with Crippen molar-refractivity contribution in [2.75, 3.05) is 19.7 Å². The van der Waals surface area contributed by atoms with E-state index >= 15 is 0 Å². The van der Waals surface area contributed by atoms with Gasteiger partial charge in [-0.05, 0) is 0 Å². The summed E-state index contributed by atoms with van der Waals surface area (Å²) in [5.74, 6) is -0.204. The third kappa shape index (κ3) is 1.46. The molecular formula is C6H13NO3.